The molecule has 3 N–H and O–H groups in total. The Morgan fingerprint density at radius 3 is 3.06 bits per heavy atom. The van der Waals surface area contributed by atoms with Crippen molar-refractivity contribution >= 4 is 11.5 Å². The second kappa shape index (κ2) is 5.35. The molecule has 0 saturated carbocycles. The second-order valence-corrected chi connectivity index (χ2v) is 4.96. The van der Waals surface area contributed by atoms with E-state index in [4.69, 9.17) is 11.1 Å². The molecule has 0 aliphatic carbocycles. The van der Waals surface area contributed by atoms with Crippen molar-refractivity contribution in [1.82, 2.24) is 9.88 Å². The molecule has 0 radical (unpaired) electrons. The molecular weight excluding hydrogens is 226 g/mol. The maximum Gasteiger partial charge on any atom is 0.125 e. The Morgan fingerprint density at radius 1 is 1.67 bits per heavy atom. The molecule has 1 saturated heterocycles. The number of likely N-dealkylation sites (tertiary alicyclic amines) is 1. The van der Waals surface area contributed by atoms with Gasteiger partial charge in [0, 0.05) is 31.4 Å². The van der Waals surface area contributed by atoms with Crippen LogP contribution >= 0.6 is 0 Å². The molecule has 0 spiro atoms. The van der Waals surface area contributed by atoms with Crippen LogP contribution < -0.4 is 10.6 Å². The maximum absolute atomic E-state index is 7.61. The lowest BCUT2D eigenvalue weighted by Crippen LogP contribution is -2.37. The fraction of sp³-hybridized carbons (Fsp3) is 0.538. The van der Waals surface area contributed by atoms with E-state index in [1.165, 1.54) is 19.4 Å². The number of anilines is 1. The third-order valence-corrected chi connectivity index (χ3v) is 3.66. The molecule has 18 heavy (non-hydrogen) atoms. The Labute approximate surface area is 108 Å². The van der Waals surface area contributed by atoms with Crippen LogP contribution in [0, 0.1) is 5.41 Å². The first-order valence-corrected chi connectivity index (χ1v) is 6.29. The number of aromatic nitrogens is 1. The molecule has 0 amide bonds. The van der Waals surface area contributed by atoms with Crippen molar-refractivity contribution in [3.8, 4) is 0 Å². The van der Waals surface area contributed by atoms with Crippen LogP contribution in [0.1, 0.15) is 18.4 Å². The van der Waals surface area contributed by atoms with Crippen LogP contribution in [0.15, 0.2) is 18.5 Å². The van der Waals surface area contributed by atoms with Gasteiger partial charge in [0.15, 0.2) is 0 Å². The molecule has 5 nitrogen and oxygen atoms in total. The van der Waals surface area contributed by atoms with Crippen molar-refractivity contribution in [2.45, 2.75) is 18.9 Å². The first-order chi connectivity index (χ1) is 8.59. The Balaban J connectivity index is 2.13. The van der Waals surface area contributed by atoms with Gasteiger partial charge in [-0.2, -0.15) is 0 Å². The van der Waals surface area contributed by atoms with Crippen LogP contribution in [0.2, 0.25) is 0 Å². The van der Waals surface area contributed by atoms with E-state index >= 15 is 0 Å². The van der Waals surface area contributed by atoms with Gasteiger partial charge in [-0.05, 0) is 32.5 Å². The van der Waals surface area contributed by atoms with Gasteiger partial charge in [0.25, 0.3) is 0 Å². The quantitative estimate of drug-likeness (QED) is 0.612. The van der Waals surface area contributed by atoms with E-state index in [1.807, 2.05) is 7.05 Å². The number of hydrogen-bond acceptors (Lipinski definition) is 4. The summed E-state index contributed by atoms with van der Waals surface area (Å²) in [6, 6.07) is 2.38. The summed E-state index contributed by atoms with van der Waals surface area (Å²) in [5, 5.41) is 7.61. The van der Waals surface area contributed by atoms with Crippen molar-refractivity contribution in [3.63, 3.8) is 0 Å². The zero-order valence-electron chi connectivity index (χ0n) is 11.1. The fourth-order valence-corrected chi connectivity index (χ4v) is 2.54. The minimum atomic E-state index is 0.0963. The van der Waals surface area contributed by atoms with Crippen molar-refractivity contribution in [2.75, 3.05) is 32.1 Å². The summed E-state index contributed by atoms with van der Waals surface area (Å²) in [5.41, 5.74) is 7.30. The summed E-state index contributed by atoms with van der Waals surface area (Å²) >= 11 is 0. The Bertz CT molecular complexity index is 431. The maximum atomic E-state index is 7.61. The first-order valence-electron chi connectivity index (χ1n) is 6.29. The third kappa shape index (κ3) is 2.61. The molecule has 2 heterocycles. The molecule has 1 aromatic heterocycles. The van der Waals surface area contributed by atoms with Crippen LogP contribution in [0.5, 0.6) is 0 Å². The number of likely N-dealkylation sites (N-methyl/N-ethyl adjacent to an activating group) is 2. The molecule has 0 bridgehead atoms. The van der Waals surface area contributed by atoms with Crippen LogP contribution in [-0.4, -0.2) is 48.9 Å². The summed E-state index contributed by atoms with van der Waals surface area (Å²) in [7, 11) is 4.20. The van der Waals surface area contributed by atoms with Gasteiger partial charge in [0.1, 0.15) is 5.84 Å². The van der Waals surface area contributed by atoms with Gasteiger partial charge in [0.05, 0.1) is 11.9 Å². The number of pyridine rings is 1. The lowest BCUT2D eigenvalue weighted by molar-refractivity contribution is 0.314. The summed E-state index contributed by atoms with van der Waals surface area (Å²) in [6.07, 6.45) is 5.96. The highest BCUT2D eigenvalue weighted by Gasteiger charge is 2.23. The van der Waals surface area contributed by atoms with E-state index in [9.17, 15) is 0 Å². The highest BCUT2D eigenvalue weighted by atomic mass is 15.2. The predicted octanol–water partition coefficient (Wildman–Crippen LogP) is 0.896. The van der Waals surface area contributed by atoms with Crippen LogP contribution in [0.4, 0.5) is 5.69 Å². The van der Waals surface area contributed by atoms with Gasteiger partial charge in [-0.3, -0.25) is 10.4 Å². The van der Waals surface area contributed by atoms with E-state index in [0.29, 0.717) is 6.04 Å². The van der Waals surface area contributed by atoms with E-state index < -0.39 is 0 Å². The van der Waals surface area contributed by atoms with E-state index in [0.717, 1.165) is 17.8 Å². The number of nitrogen functional groups attached to an aromatic ring is 1. The van der Waals surface area contributed by atoms with Crippen molar-refractivity contribution in [1.29, 1.82) is 5.41 Å². The normalized spacial score (nSPS) is 20.0. The van der Waals surface area contributed by atoms with Crippen molar-refractivity contribution in [2.24, 2.45) is 5.73 Å². The van der Waals surface area contributed by atoms with Gasteiger partial charge in [-0.25, -0.2) is 0 Å². The molecule has 1 aliphatic rings. The van der Waals surface area contributed by atoms with Gasteiger partial charge >= 0.3 is 0 Å². The van der Waals surface area contributed by atoms with Gasteiger partial charge in [-0.1, -0.05) is 0 Å². The smallest absolute Gasteiger partial charge is 0.125 e. The molecule has 0 aromatic carbocycles. The molecule has 1 fully saturated rings. The van der Waals surface area contributed by atoms with Crippen molar-refractivity contribution < 1.29 is 0 Å². The molecular formula is C13H21N5. The Hall–Kier alpha value is -1.62. The number of rotatable bonds is 4. The van der Waals surface area contributed by atoms with Gasteiger partial charge < -0.3 is 15.5 Å². The number of nitrogens with one attached hydrogen (secondary N) is 1. The zero-order valence-corrected chi connectivity index (χ0v) is 11.1. The Morgan fingerprint density at radius 2 is 2.44 bits per heavy atom. The van der Waals surface area contributed by atoms with Crippen LogP contribution in [0.25, 0.3) is 0 Å². The molecule has 2 rings (SSSR count). The van der Waals surface area contributed by atoms with Gasteiger partial charge in [-0.15, -0.1) is 0 Å². The number of hydrogen-bond donors (Lipinski definition) is 2. The number of nitrogens with two attached hydrogens (primary N) is 1. The summed E-state index contributed by atoms with van der Waals surface area (Å²) in [5.74, 6) is 0.0963. The first kappa shape index (κ1) is 12.8. The number of nitrogens with zero attached hydrogens (tertiary/aromatic N) is 3. The average Bonchev–Trinajstić information content (AvgIpc) is 2.75. The minimum absolute atomic E-state index is 0.0963. The van der Waals surface area contributed by atoms with Crippen molar-refractivity contribution in [3.05, 3.63) is 24.0 Å². The second-order valence-electron chi connectivity index (χ2n) is 4.96. The van der Waals surface area contributed by atoms with E-state index in [2.05, 4.69) is 21.8 Å². The largest absolute Gasteiger partial charge is 0.384 e. The summed E-state index contributed by atoms with van der Waals surface area (Å²) in [6.45, 7) is 2.12. The highest BCUT2D eigenvalue weighted by Crippen LogP contribution is 2.21. The zero-order chi connectivity index (χ0) is 13.1. The minimum Gasteiger partial charge on any atom is -0.384 e. The summed E-state index contributed by atoms with van der Waals surface area (Å²) < 4.78 is 0. The molecule has 98 valence electrons. The fourth-order valence-electron chi connectivity index (χ4n) is 2.54. The third-order valence-electron chi connectivity index (χ3n) is 3.66. The predicted molar refractivity (Wildman–Crippen MR) is 74.2 cm³/mol. The average molecular weight is 247 g/mol. The summed E-state index contributed by atoms with van der Waals surface area (Å²) in [4.78, 5) is 8.67. The van der Waals surface area contributed by atoms with Gasteiger partial charge in [0.2, 0.25) is 0 Å². The Kier molecular flexibility index (Phi) is 3.81. The molecule has 5 heteroatoms. The van der Waals surface area contributed by atoms with E-state index in [-0.39, 0.29) is 5.84 Å². The van der Waals surface area contributed by atoms with Crippen LogP contribution in [0.3, 0.4) is 0 Å². The molecule has 1 aromatic rings. The molecule has 1 aliphatic heterocycles. The SMILES string of the molecule is CN(CC1CCCN1C)c1cnccc1C(=N)N. The molecule has 1 unspecified atom stereocenters. The van der Waals surface area contributed by atoms with E-state index in [1.54, 1.807) is 18.5 Å². The topological polar surface area (TPSA) is 69.2 Å². The lowest BCUT2D eigenvalue weighted by atomic mass is 10.1. The molecule has 1 atom stereocenters. The lowest BCUT2D eigenvalue weighted by Gasteiger charge is -2.28. The monoisotopic (exact) mass is 247 g/mol. The standard InChI is InChI=1S/C13H21N5/c1-17-7-3-4-10(17)9-18(2)12-8-16-6-5-11(12)13(14)15/h5-6,8,10H,3-4,7,9H2,1-2H3,(H3,14,15). The van der Waals surface area contributed by atoms with Crippen LogP contribution in [-0.2, 0) is 0 Å². The number of amidine groups is 1. The highest BCUT2D eigenvalue weighted by molar-refractivity contribution is 6.00.